The van der Waals surface area contributed by atoms with Gasteiger partial charge in [-0.25, -0.2) is 4.98 Å². The van der Waals surface area contributed by atoms with Crippen molar-refractivity contribution >= 4 is 10.9 Å². The van der Waals surface area contributed by atoms with Gasteiger partial charge in [-0.2, -0.15) is 5.26 Å². The molecule has 2 rings (SSSR count). The largest absolute Gasteiger partial charge is 0.491 e. The maximum atomic E-state index is 9.11. The molecule has 21 heavy (non-hydrogen) atoms. The topological polar surface area (TPSA) is 57.9 Å². The molecule has 1 N–H and O–H groups in total. The zero-order valence-corrected chi connectivity index (χ0v) is 12.8. The third-order valence-electron chi connectivity index (χ3n) is 3.70. The number of nitrogens with one attached hydrogen (secondary N) is 1. The first kappa shape index (κ1) is 15.3. The minimum atomic E-state index is -0.489. The molecule has 1 aromatic heterocycles. The SMILES string of the molecule is CNC(C)(C#N)CCCOc1cccc2ccc(C)nc12. The Morgan fingerprint density at radius 2 is 2.14 bits per heavy atom. The normalized spacial score (nSPS) is 13.6. The number of hydrogen-bond donors (Lipinski definition) is 1. The standard InChI is InChI=1S/C17H21N3O/c1-13-8-9-14-6-4-7-15(16(14)20-13)21-11-5-10-17(2,12-18)19-3/h4,6-9,19H,5,10-11H2,1-3H3. The van der Waals surface area contributed by atoms with Gasteiger partial charge in [0.1, 0.15) is 16.8 Å². The van der Waals surface area contributed by atoms with Crippen LogP contribution in [-0.4, -0.2) is 24.2 Å². The van der Waals surface area contributed by atoms with E-state index in [4.69, 9.17) is 10.00 Å². The van der Waals surface area contributed by atoms with Crippen molar-refractivity contribution in [2.24, 2.45) is 0 Å². The molecule has 4 heteroatoms. The molecule has 1 heterocycles. The molecule has 0 aliphatic carbocycles. The van der Waals surface area contributed by atoms with Crippen LogP contribution in [0.3, 0.4) is 0 Å². The molecule has 1 atom stereocenters. The van der Waals surface area contributed by atoms with E-state index in [2.05, 4.69) is 22.4 Å². The molecule has 0 aliphatic heterocycles. The number of pyridine rings is 1. The number of nitrogens with zero attached hydrogens (tertiary/aromatic N) is 2. The molecular formula is C17H21N3O. The van der Waals surface area contributed by atoms with Crippen LogP contribution in [-0.2, 0) is 0 Å². The van der Waals surface area contributed by atoms with Gasteiger partial charge in [-0.15, -0.1) is 0 Å². The molecule has 0 radical (unpaired) electrons. The van der Waals surface area contributed by atoms with Crippen LogP contribution in [0, 0.1) is 18.3 Å². The van der Waals surface area contributed by atoms with Gasteiger partial charge in [-0.3, -0.25) is 0 Å². The van der Waals surface area contributed by atoms with Crippen LogP contribution >= 0.6 is 0 Å². The van der Waals surface area contributed by atoms with Crippen molar-refractivity contribution in [3.05, 3.63) is 36.0 Å². The summed E-state index contributed by atoms with van der Waals surface area (Å²) in [4.78, 5) is 4.55. The fraction of sp³-hybridized carbons (Fsp3) is 0.412. The second-order valence-electron chi connectivity index (χ2n) is 5.43. The molecule has 0 bridgehead atoms. The van der Waals surface area contributed by atoms with Gasteiger partial charge in [-0.05, 0) is 45.9 Å². The lowest BCUT2D eigenvalue weighted by Crippen LogP contribution is -2.38. The number of para-hydroxylation sites is 1. The lowest BCUT2D eigenvalue weighted by molar-refractivity contribution is 0.291. The molecule has 0 fully saturated rings. The second kappa shape index (κ2) is 6.55. The molecule has 2 aromatic rings. The van der Waals surface area contributed by atoms with Crippen molar-refractivity contribution in [3.8, 4) is 11.8 Å². The van der Waals surface area contributed by atoms with E-state index in [0.717, 1.165) is 35.2 Å². The van der Waals surface area contributed by atoms with Gasteiger partial charge in [-0.1, -0.05) is 18.2 Å². The van der Waals surface area contributed by atoms with Crippen LogP contribution in [0.2, 0.25) is 0 Å². The fourth-order valence-electron chi connectivity index (χ4n) is 2.18. The van der Waals surface area contributed by atoms with E-state index in [9.17, 15) is 0 Å². The Morgan fingerprint density at radius 1 is 1.33 bits per heavy atom. The molecule has 0 saturated carbocycles. The average Bonchev–Trinajstić information content (AvgIpc) is 2.51. The highest BCUT2D eigenvalue weighted by atomic mass is 16.5. The first-order valence-corrected chi connectivity index (χ1v) is 7.17. The second-order valence-corrected chi connectivity index (χ2v) is 5.43. The lowest BCUT2D eigenvalue weighted by atomic mass is 9.98. The molecule has 0 spiro atoms. The number of fused-ring (bicyclic) bond motifs is 1. The van der Waals surface area contributed by atoms with Gasteiger partial charge in [0.25, 0.3) is 0 Å². The first-order chi connectivity index (χ1) is 10.1. The molecular weight excluding hydrogens is 262 g/mol. The zero-order chi connectivity index (χ0) is 15.3. The summed E-state index contributed by atoms with van der Waals surface area (Å²) >= 11 is 0. The number of hydrogen-bond acceptors (Lipinski definition) is 4. The zero-order valence-electron chi connectivity index (χ0n) is 12.8. The van der Waals surface area contributed by atoms with Crippen molar-refractivity contribution < 1.29 is 4.74 Å². The van der Waals surface area contributed by atoms with E-state index in [1.54, 1.807) is 0 Å². The number of aryl methyl sites for hydroxylation is 1. The Kier molecular flexibility index (Phi) is 4.77. The van der Waals surface area contributed by atoms with Crippen molar-refractivity contribution in [2.45, 2.75) is 32.2 Å². The molecule has 0 aliphatic rings. The number of aromatic nitrogens is 1. The summed E-state index contributed by atoms with van der Waals surface area (Å²) in [7, 11) is 1.81. The van der Waals surface area contributed by atoms with Crippen molar-refractivity contribution in [1.29, 1.82) is 5.26 Å². The lowest BCUT2D eigenvalue weighted by Gasteiger charge is -2.20. The van der Waals surface area contributed by atoms with Gasteiger partial charge >= 0.3 is 0 Å². The first-order valence-electron chi connectivity index (χ1n) is 7.17. The van der Waals surface area contributed by atoms with E-state index in [1.165, 1.54) is 0 Å². The summed E-state index contributed by atoms with van der Waals surface area (Å²) in [6.07, 6.45) is 1.56. The average molecular weight is 283 g/mol. The van der Waals surface area contributed by atoms with Gasteiger partial charge in [0.2, 0.25) is 0 Å². The summed E-state index contributed by atoms with van der Waals surface area (Å²) in [5.74, 6) is 0.805. The number of ether oxygens (including phenoxy) is 1. The van der Waals surface area contributed by atoms with Crippen molar-refractivity contribution in [2.75, 3.05) is 13.7 Å². The quantitative estimate of drug-likeness (QED) is 0.827. The molecule has 1 aromatic carbocycles. The minimum Gasteiger partial charge on any atom is -0.491 e. The maximum Gasteiger partial charge on any atom is 0.145 e. The van der Waals surface area contributed by atoms with Crippen LogP contribution in [0.4, 0.5) is 0 Å². The van der Waals surface area contributed by atoms with E-state index in [-0.39, 0.29) is 0 Å². The maximum absolute atomic E-state index is 9.11. The Morgan fingerprint density at radius 3 is 2.86 bits per heavy atom. The van der Waals surface area contributed by atoms with E-state index in [0.29, 0.717) is 6.61 Å². The van der Waals surface area contributed by atoms with E-state index >= 15 is 0 Å². The smallest absolute Gasteiger partial charge is 0.145 e. The summed E-state index contributed by atoms with van der Waals surface area (Å²) in [5.41, 5.74) is 1.39. The Labute approximate surface area is 125 Å². The van der Waals surface area contributed by atoms with Gasteiger partial charge < -0.3 is 10.1 Å². The third kappa shape index (κ3) is 3.71. The number of nitriles is 1. The van der Waals surface area contributed by atoms with Gasteiger partial charge in [0, 0.05) is 11.1 Å². The predicted octanol–water partition coefficient (Wildman–Crippen LogP) is 3.20. The summed E-state index contributed by atoms with van der Waals surface area (Å²) < 4.78 is 5.86. The molecule has 110 valence electrons. The Hall–Kier alpha value is -2.12. The molecule has 0 saturated heterocycles. The van der Waals surface area contributed by atoms with Crippen LogP contribution in [0.1, 0.15) is 25.5 Å². The minimum absolute atomic E-state index is 0.489. The van der Waals surface area contributed by atoms with Gasteiger partial charge in [0.05, 0.1) is 12.7 Å². The van der Waals surface area contributed by atoms with E-state index in [1.807, 2.05) is 45.2 Å². The summed E-state index contributed by atoms with van der Waals surface area (Å²) in [6.45, 7) is 4.45. The van der Waals surface area contributed by atoms with Crippen LogP contribution in [0.15, 0.2) is 30.3 Å². The molecule has 0 amide bonds. The highest BCUT2D eigenvalue weighted by Crippen LogP contribution is 2.24. The Bertz CT molecular complexity index is 663. The fourth-order valence-corrected chi connectivity index (χ4v) is 2.18. The predicted molar refractivity (Wildman–Crippen MR) is 84.3 cm³/mol. The Balaban J connectivity index is 2.01. The van der Waals surface area contributed by atoms with Crippen molar-refractivity contribution in [3.63, 3.8) is 0 Å². The monoisotopic (exact) mass is 283 g/mol. The van der Waals surface area contributed by atoms with Crippen LogP contribution in [0.5, 0.6) is 5.75 Å². The van der Waals surface area contributed by atoms with Crippen LogP contribution in [0.25, 0.3) is 10.9 Å². The van der Waals surface area contributed by atoms with E-state index < -0.39 is 5.54 Å². The molecule has 4 nitrogen and oxygen atoms in total. The number of rotatable bonds is 6. The van der Waals surface area contributed by atoms with Gasteiger partial charge in [0.15, 0.2) is 0 Å². The summed E-state index contributed by atoms with van der Waals surface area (Å²) in [5, 5.41) is 13.2. The van der Waals surface area contributed by atoms with Crippen LogP contribution < -0.4 is 10.1 Å². The highest BCUT2D eigenvalue weighted by Gasteiger charge is 2.20. The third-order valence-corrected chi connectivity index (χ3v) is 3.70. The summed E-state index contributed by atoms with van der Waals surface area (Å²) in [6, 6.07) is 12.3. The van der Waals surface area contributed by atoms with Crippen molar-refractivity contribution in [1.82, 2.24) is 10.3 Å². The molecule has 1 unspecified atom stereocenters. The number of benzene rings is 1. The highest BCUT2D eigenvalue weighted by molar-refractivity contribution is 5.84.